The van der Waals surface area contributed by atoms with Crippen LogP contribution in [0, 0.1) is 5.92 Å². The van der Waals surface area contributed by atoms with Crippen molar-refractivity contribution < 1.29 is 9.21 Å². The number of aromatic nitrogens is 1. The number of nitrogens with one attached hydrogen (secondary N) is 2. The summed E-state index contributed by atoms with van der Waals surface area (Å²) in [6, 6.07) is 9.99. The summed E-state index contributed by atoms with van der Waals surface area (Å²) in [6.07, 6.45) is 3.46. The standard InChI is InChI=1S/C18H23N3O2/c1-12-10-15(8-9-19-12)17(22)21-13(2)18-20-11-16(23-18)14-6-4-3-5-7-14/h3-7,11-13,15,19H,8-10H2,1-2H3,(H,21,22)/t12-,13?,15-/m0/s1. The lowest BCUT2D eigenvalue weighted by molar-refractivity contribution is -0.126. The molecule has 23 heavy (non-hydrogen) atoms. The summed E-state index contributed by atoms with van der Waals surface area (Å²) < 4.78 is 5.80. The smallest absolute Gasteiger partial charge is 0.223 e. The van der Waals surface area contributed by atoms with Crippen LogP contribution in [-0.2, 0) is 4.79 Å². The minimum atomic E-state index is -0.231. The molecule has 0 radical (unpaired) electrons. The van der Waals surface area contributed by atoms with Gasteiger partial charge >= 0.3 is 0 Å². The van der Waals surface area contributed by atoms with Gasteiger partial charge in [0.2, 0.25) is 11.8 Å². The molecule has 0 bridgehead atoms. The number of carbonyl (C=O) groups is 1. The zero-order valence-corrected chi connectivity index (χ0v) is 13.6. The summed E-state index contributed by atoms with van der Waals surface area (Å²) in [5, 5.41) is 6.39. The van der Waals surface area contributed by atoms with Crippen LogP contribution in [0.1, 0.15) is 38.6 Å². The predicted molar refractivity (Wildman–Crippen MR) is 88.7 cm³/mol. The fourth-order valence-electron chi connectivity index (χ4n) is 2.99. The summed E-state index contributed by atoms with van der Waals surface area (Å²) >= 11 is 0. The van der Waals surface area contributed by atoms with E-state index in [4.69, 9.17) is 4.42 Å². The summed E-state index contributed by atoms with van der Waals surface area (Å²) in [7, 11) is 0. The Bertz CT molecular complexity index is 653. The number of amides is 1. The van der Waals surface area contributed by atoms with Crippen molar-refractivity contribution >= 4 is 5.91 Å². The van der Waals surface area contributed by atoms with Crippen LogP contribution in [0.4, 0.5) is 0 Å². The van der Waals surface area contributed by atoms with Crippen molar-refractivity contribution in [3.63, 3.8) is 0 Å². The van der Waals surface area contributed by atoms with Crippen molar-refractivity contribution in [1.82, 2.24) is 15.6 Å². The van der Waals surface area contributed by atoms with Crippen LogP contribution in [0.15, 0.2) is 40.9 Å². The largest absolute Gasteiger partial charge is 0.438 e. The van der Waals surface area contributed by atoms with Gasteiger partial charge in [0.15, 0.2) is 5.76 Å². The molecule has 3 rings (SSSR count). The van der Waals surface area contributed by atoms with Gasteiger partial charge in [0, 0.05) is 17.5 Å². The van der Waals surface area contributed by atoms with Gasteiger partial charge in [0.1, 0.15) is 6.04 Å². The molecular weight excluding hydrogens is 290 g/mol. The summed E-state index contributed by atoms with van der Waals surface area (Å²) in [4.78, 5) is 16.7. The molecule has 1 aromatic carbocycles. The number of piperidine rings is 1. The van der Waals surface area contributed by atoms with Gasteiger partial charge in [-0.1, -0.05) is 30.3 Å². The Hall–Kier alpha value is -2.14. The highest BCUT2D eigenvalue weighted by molar-refractivity contribution is 5.79. The van der Waals surface area contributed by atoms with Gasteiger partial charge in [-0.05, 0) is 33.2 Å². The van der Waals surface area contributed by atoms with Crippen LogP contribution in [0.25, 0.3) is 11.3 Å². The predicted octanol–water partition coefficient (Wildman–Crippen LogP) is 2.91. The van der Waals surface area contributed by atoms with E-state index in [2.05, 4.69) is 22.5 Å². The lowest BCUT2D eigenvalue weighted by atomic mass is 9.92. The van der Waals surface area contributed by atoms with Crippen LogP contribution in [-0.4, -0.2) is 23.5 Å². The third-order valence-electron chi connectivity index (χ3n) is 4.31. The zero-order chi connectivity index (χ0) is 16.2. The number of rotatable bonds is 4. The van der Waals surface area contributed by atoms with Gasteiger partial charge in [-0.2, -0.15) is 0 Å². The average Bonchev–Trinajstić information content (AvgIpc) is 3.06. The van der Waals surface area contributed by atoms with Crippen molar-refractivity contribution in [1.29, 1.82) is 0 Å². The fourth-order valence-corrected chi connectivity index (χ4v) is 2.99. The van der Waals surface area contributed by atoms with E-state index < -0.39 is 0 Å². The third kappa shape index (κ3) is 3.79. The number of benzene rings is 1. The zero-order valence-electron chi connectivity index (χ0n) is 13.6. The van der Waals surface area contributed by atoms with Crippen molar-refractivity contribution in [3.05, 3.63) is 42.4 Å². The van der Waals surface area contributed by atoms with Gasteiger partial charge in [0.25, 0.3) is 0 Å². The molecule has 5 nitrogen and oxygen atoms in total. The lowest BCUT2D eigenvalue weighted by Gasteiger charge is -2.27. The van der Waals surface area contributed by atoms with E-state index in [9.17, 15) is 4.79 Å². The second-order valence-electron chi connectivity index (χ2n) is 6.24. The summed E-state index contributed by atoms with van der Waals surface area (Å²) in [6.45, 7) is 4.91. The molecule has 1 saturated heterocycles. The number of carbonyl (C=O) groups excluding carboxylic acids is 1. The Morgan fingerprint density at radius 1 is 1.39 bits per heavy atom. The minimum Gasteiger partial charge on any atom is -0.438 e. The Kier molecular flexibility index (Phi) is 4.76. The van der Waals surface area contributed by atoms with E-state index in [0.29, 0.717) is 11.9 Å². The Morgan fingerprint density at radius 3 is 2.91 bits per heavy atom. The molecule has 1 fully saturated rings. The first-order valence-electron chi connectivity index (χ1n) is 8.18. The number of hydrogen-bond acceptors (Lipinski definition) is 4. The SMILES string of the molecule is CC(NC(=O)[C@H]1CCN[C@@H](C)C1)c1ncc(-c2ccccc2)o1. The second kappa shape index (κ2) is 6.96. The third-order valence-corrected chi connectivity index (χ3v) is 4.31. The topological polar surface area (TPSA) is 67.2 Å². The van der Waals surface area contributed by atoms with Crippen LogP contribution in [0.3, 0.4) is 0 Å². The van der Waals surface area contributed by atoms with Crippen LogP contribution >= 0.6 is 0 Å². The molecule has 1 aliphatic heterocycles. The molecule has 2 N–H and O–H groups in total. The average molecular weight is 313 g/mol. The number of nitrogens with zero attached hydrogens (tertiary/aromatic N) is 1. The molecule has 0 spiro atoms. The molecule has 1 unspecified atom stereocenters. The highest BCUT2D eigenvalue weighted by Crippen LogP contribution is 2.23. The first kappa shape index (κ1) is 15.7. The van der Waals surface area contributed by atoms with E-state index in [1.807, 2.05) is 37.3 Å². The van der Waals surface area contributed by atoms with Crippen LogP contribution < -0.4 is 10.6 Å². The van der Waals surface area contributed by atoms with E-state index in [-0.39, 0.29) is 17.9 Å². The molecule has 1 aliphatic rings. The molecule has 0 saturated carbocycles. The van der Waals surface area contributed by atoms with Crippen molar-refractivity contribution in [2.75, 3.05) is 6.54 Å². The normalized spacial score (nSPS) is 22.5. The maximum atomic E-state index is 12.4. The molecule has 5 heteroatoms. The first-order valence-corrected chi connectivity index (χ1v) is 8.18. The second-order valence-corrected chi connectivity index (χ2v) is 6.24. The van der Waals surface area contributed by atoms with Crippen LogP contribution in [0.5, 0.6) is 0 Å². The molecule has 122 valence electrons. The minimum absolute atomic E-state index is 0.0669. The molecule has 1 aromatic heterocycles. The molecular formula is C18H23N3O2. The molecule has 3 atom stereocenters. The Morgan fingerprint density at radius 2 is 2.17 bits per heavy atom. The Labute approximate surface area is 136 Å². The monoisotopic (exact) mass is 313 g/mol. The van der Waals surface area contributed by atoms with E-state index in [1.165, 1.54) is 0 Å². The van der Waals surface area contributed by atoms with E-state index in [0.717, 1.165) is 30.7 Å². The van der Waals surface area contributed by atoms with Gasteiger partial charge < -0.3 is 15.1 Å². The van der Waals surface area contributed by atoms with Crippen molar-refractivity contribution in [2.45, 2.75) is 38.8 Å². The van der Waals surface area contributed by atoms with Gasteiger partial charge in [-0.3, -0.25) is 4.79 Å². The Balaban J connectivity index is 1.63. The number of oxazole rings is 1. The van der Waals surface area contributed by atoms with Gasteiger partial charge in [0.05, 0.1) is 6.20 Å². The highest BCUT2D eigenvalue weighted by atomic mass is 16.4. The number of hydrogen-bond donors (Lipinski definition) is 2. The van der Waals surface area contributed by atoms with Crippen molar-refractivity contribution in [2.24, 2.45) is 5.92 Å². The van der Waals surface area contributed by atoms with Crippen LogP contribution in [0.2, 0.25) is 0 Å². The van der Waals surface area contributed by atoms with E-state index >= 15 is 0 Å². The molecule has 2 aromatic rings. The molecule has 0 aliphatic carbocycles. The quantitative estimate of drug-likeness (QED) is 0.911. The van der Waals surface area contributed by atoms with Crippen molar-refractivity contribution in [3.8, 4) is 11.3 Å². The molecule has 2 heterocycles. The maximum absolute atomic E-state index is 12.4. The summed E-state index contributed by atoms with van der Waals surface area (Å²) in [5.74, 6) is 1.42. The maximum Gasteiger partial charge on any atom is 0.223 e. The summed E-state index contributed by atoms with van der Waals surface area (Å²) in [5.41, 5.74) is 0.983. The van der Waals surface area contributed by atoms with Gasteiger partial charge in [-0.15, -0.1) is 0 Å². The fraction of sp³-hybridized carbons (Fsp3) is 0.444. The van der Waals surface area contributed by atoms with Gasteiger partial charge in [-0.25, -0.2) is 4.98 Å². The first-order chi connectivity index (χ1) is 11.1. The van der Waals surface area contributed by atoms with E-state index in [1.54, 1.807) is 6.20 Å². The molecule has 1 amide bonds. The highest BCUT2D eigenvalue weighted by Gasteiger charge is 2.26. The lowest BCUT2D eigenvalue weighted by Crippen LogP contribution is -2.43.